The molecular formula is C13H14N2OS. The normalized spacial score (nSPS) is 19.4. The number of rotatable bonds is 3. The molecule has 88 valence electrons. The van der Waals surface area contributed by atoms with E-state index >= 15 is 0 Å². The number of aromatic nitrogens is 1. The van der Waals surface area contributed by atoms with Gasteiger partial charge in [0, 0.05) is 23.0 Å². The lowest BCUT2D eigenvalue weighted by Crippen LogP contribution is -2.17. The Kier molecular flexibility index (Phi) is 3.05. The molecule has 2 heterocycles. The molecule has 1 unspecified atom stereocenters. The fraction of sp³-hybridized carbons (Fsp3) is 0.308. The second kappa shape index (κ2) is 4.84. The summed E-state index contributed by atoms with van der Waals surface area (Å²) in [5.41, 5.74) is 2.25. The van der Waals surface area contributed by atoms with E-state index in [1.165, 1.54) is 30.0 Å². The summed E-state index contributed by atoms with van der Waals surface area (Å²) in [4.78, 5) is 3.92. The van der Waals surface area contributed by atoms with Crippen LogP contribution in [0.4, 0.5) is 5.69 Å². The van der Waals surface area contributed by atoms with Gasteiger partial charge in [0.2, 0.25) is 0 Å². The lowest BCUT2D eigenvalue weighted by atomic mass is 10.1. The molecule has 0 saturated carbocycles. The highest BCUT2D eigenvalue weighted by Gasteiger charge is 2.14. The minimum absolute atomic E-state index is 0.621. The molecule has 3 rings (SSSR count). The van der Waals surface area contributed by atoms with Crippen LogP contribution in [0.3, 0.4) is 0 Å². The number of nitrogens with zero attached hydrogens (tertiary/aromatic N) is 1. The second-order valence-corrected chi connectivity index (χ2v) is 5.30. The van der Waals surface area contributed by atoms with Gasteiger partial charge in [0.25, 0.3) is 0 Å². The summed E-state index contributed by atoms with van der Waals surface area (Å²) in [6.07, 6.45) is 4.45. The molecular weight excluding hydrogens is 232 g/mol. The Balaban J connectivity index is 1.71. The number of benzene rings is 1. The highest BCUT2D eigenvalue weighted by atomic mass is 32.2. The molecule has 0 bridgehead atoms. The van der Waals surface area contributed by atoms with Gasteiger partial charge in [0.1, 0.15) is 0 Å². The molecule has 1 atom stereocenters. The predicted octanol–water partition coefficient (Wildman–Crippen LogP) is 3.26. The van der Waals surface area contributed by atoms with Gasteiger partial charge in [-0.15, -0.1) is 0 Å². The fourth-order valence-corrected chi connectivity index (χ4v) is 3.13. The van der Waals surface area contributed by atoms with E-state index in [0.29, 0.717) is 6.04 Å². The van der Waals surface area contributed by atoms with Gasteiger partial charge in [-0.2, -0.15) is 11.8 Å². The Morgan fingerprint density at radius 1 is 1.29 bits per heavy atom. The van der Waals surface area contributed by atoms with Gasteiger partial charge >= 0.3 is 0 Å². The Morgan fingerprint density at radius 3 is 2.82 bits per heavy atom. The van der Waals surface area contributed by atoms with Crippen molar-refractivity contribution in [3.63, 3.8) is 0 Å². The molecule has 1 N–H and O–H groups in total. The highest BCUT2D eigenvalue weighted by Crippen LogP contribution is 2.24. The Labute approximate surface area is 105 Å². The van der Waals surface area contributed by atoms with Crippen molar-refractivity contribution in [3.8, 4) is 11.3 Å². The van der Waals surface area contributed by atoms with E-state index in [1.807, 2.05) is 11.8 Å². The molecule has 0 aliphatic carbocycles. The topological polar surface area (TPSA) is 38.1 Å². The van der Waals surface area contributed by atoms with Gasteiger partial charge in [-0.05, 0) is 36.4 Å². The first-order valence-corrected chi connectivity index (χ1v) is 6.90. The van der Waals surface area contributed by atoms with Crippen LogP contribution >= 0.6 is 11.8 Å². The third-order valence-electron chi connectivity index (χ3n) is 2.90. The number of thioether (sulfide) groups is 1. The predicted molar refractivity (Wildman–Crippen MR) is 71.3 cm³/mol. The minimum Gasteiger partial charge on any atom is -0.444 e. The Bertz CT molecular complexity index is 461. The molecule has 1 aromatic carbocycles. The van der Waals surface area contributed by atoms with Crippen LogP contribution in [-0.2, 0) is 0 Å². The van der Waals surface area contributed by atoms with Crippen molar-refractivity contribution in [2.45, 2.75) is 12.5 Å². The van der Waals surface area contributed by atoms with Gasteiger partial charge in [-0.1, -0.05) is 0 Å². The maximum Gasteiger partial charge on any atom is 0.181 e. The molecule has 1 aliphatic heterocycles. The molecule has 1 aromatic heterocycles. The largest absolute Gasteiger partial charge is 0.444 e. The third-order valence-corrected chi connectivity index (χ3v) is 4.06. The van der Waals surface area contributed by atoms with Crippen LogP contribution in [0.1, 0.15) is 6.42 Å². The molecule has 17 heavy (non-hydrogen) atoms. The zero-order valence-corrected chi connectivity index (χ0v) is 10.2. The number of hydrogen-bond donors (Lipinski definition) is 1. The quantitative estimate of drug-likeness (QED) is 0.902. The zero-order valence-electron chi connectivity index (χ0n) is 9.43. The summed E-state index contributed by atoms with van der Waals surface area (Å²) in [6.45, 7) is 0. The lowest BCUT2D eigenvalue weighted by molar-refractivity contribution is 0.572. The minimum atomic E-state index is 0.621. The van der Waals surface area contributed by atoms with Gasteiger partial charge in [0.15, 0.2) is 12.2 Å². The highest BCUT2D eigenvalue weighted by molar-refractivity contribution is 7.99. The molecule has 2 aromatic rings. The summed E-state index contributed by atoms with van der Waals surface area (Å²) >= 11 is 2.02. The first-order valence-electron chi connectivity index (χ1n) is 5.75. The molecule has 0 amide bonds. The average Bonchev–Trinajstić information content (AvgIpc) is 3.01. The van der Waals surface area contributed by atoms with Crippen LogP contribution < -0.4 is 5.32 Å². The van der Waals surface area contributed by atoms with E-state index in [9.17, 15) is 0 Å². The van der Waals surface area contributed by atoms with E-state index in [-0.39, 0.29) is 0 Å². The van der Waals surface area contributed by atoms with Crippen molar-refractivity contribution in [2.75, 3.05) is 16.8 Å². The standard InChI is InChI=1S/C13H14N2OS/c1-3-11(15-12-5-6-17-8-12)4-2-10(1)13-7-14-9-16-13/h1-4,7,9,12,15H,5-6,8H2. The first-order chi connectivity index (χ1) is 8.42. The summed E-state index contributed by atoms with van der Waals surface area (Å²) in [6, 6.07) is 8.94. The SMILES string of the molecule is c1ncc(-c2ccc(NC3CCSC3)cc2)o1. The van der Waals surface area contributed by atoms with Crippen LogP contribution in [0, 0.1) is 0 Å². The summed E-state index contributed by atoms with van der Waals surface area (Å²) in [7, 11) is 0. The van der Waals surface area contributed by atoms with Crippen molar-refractivity contribution in [1.82, 2.24) is 4.98 Å². The molecule has 1 aliphatic rings. The third kappa shape index (κ3) is 2.47. The molecule has 1 fully saturated rings. The fourth-order valence-electron chi connectivity index (χ4n) is 1.97. The van der Waals surface area contributed by atoms with Crippen molar-refractivity contribution >= 4 is 17.4 Å². The Hall–Kier alpha value is -1.42. The lowest BCUT2D eigenvalue weighted by Gasteiger charge is -2.12. The van der Waals surface area contributed by atoms with Crippen molar-refractivity contribution in [2.24, 2.45) is 0 Å². The average molecular weight is 246 g/mol. The number of anilines is 1. The molecule has 0 radical (unpaired) electrons. The maximum absolute atomic E-state index is 5.26. The van der Waals surface area contributed by atoms with Gasteiger partial charge in [-0.3, -0.25) is 0 Å². The smallest absolute Gasteiger partial charge is 0.181 e. The van der Waals surface area contributed by atoms with Crippen LogP contribution in [0.2, 0.25) is 0 Å². The van der Waals surface area contributed by atoms with Crippen LogP contribution in [0.5, 0.6) is 0 Å². The van der Waals surface area contributed by atoms with E-state index in [2.05, 4.69) is 34.6 Å². The summed E-state index contributed by atoms with van der Waals surface area (Å²) < 4.78 is 5.26. The second-order valence-electron chi connectivity index (χ2n) is 4.15. The number of nitrogens with one attached hydrogen (secondary N) is 1. The van der Waals surface area contributed by atoms with E-state index in [1.54, 1.807) is 6.20 Å². The number of oxazole rings is 1. The van der Waals surface area contributed by atoms with Crippen LogP contribution in [0.25, 0.3) is 11.3 Å². The van der Waals surface area contributed by atoms with Crippen LogP contribution in [0.15, 0.2) is 41.3 Å². The van der Waals surface area contributed by atoms with Gasteiger partial charge in [0.05, 0.1) is 6.20 Å². The number of hydrogen-bond acceptors (Lipinski definition) is 4. The van der Waals surface area contributed by atoms with E-state index in [4.69, 9.17) is 4.42 Å². The summed E-state index contributed by atoms with van der Waals surface area (Å²) in [5.74, 6) is 3.30. The first kappa shape index (κ1) is 10.7. The van der Waals surface area contributed by atoms with Crippen molar-refractivity contribution in [3.05, 3.63) is 36.9 Å². The maximum atomic E-state index is 5.26. The van der Waals surface area contributed by atoms with Gasteiger partial charge in [-0.25, -0.2) is 4.98 Å². The van der Waals surface area contributed by atoms with Gasteiger partial charge < -0.3 is 9.73 Å². The van der Waals surface area contributed by atoms with Crippen LogP contribution in [-0.4, -0.2) is 22.5 Å². The molecule has 1 saturated heterocycles. The van der Waals surface area contributed by atoms with E-state index in [0.717, 1.165) is 11.3 Å². The van der Waals surface area contributed by atoms with Crippen molar-refractivity contribution in [1.29, 1.82) is 0 Å². The van der Waals surface area contributed by atoms with E-state index < -0.39 is 0 Å². The molecule has 4 heteroatoms. The zero-order chi connectivity index (χ0) is 11.5. The van der Waals surface area contributed by atoms with Crippen molar-refractivity contribution < 1.29 is 4.42 Å². The monoisotopic (exact) mass is 246 g/mol. The Morgan fingerprint density at radius 2 is 2.18 bits per heavy atom. The summed E-state index contributed by atoms with van der Waals surface area (Å²) in [5, 5.41) is 3.55. The molecule has 3 nitrogen and oxygen atoms in total. The molecule has 0 spiro atoms.